The van der Waals surface area contributed by atoms with E-state index in [1.807, 2.05) is 30.3 Å². The number of amides is 2. The van der Waals surface area contributed by atoms with Crippen molar-refractivity contribution >= 4 is 33.6 Å². The number of para-hydroxylation sites is 1. The van der Waals surface area contributed by atoms with Crippen molar-refractivity contribution in [3.8, 4) is 5.69 Å². The maximum Gasteiger partial charge on any atom is 0.416 e. The van der Waals surface area contributed by atoms with E-state index in [1.165, 1.54) is 35.2 Å². The van der Waals surface area contributed by atoms with Gasteiger partial charge in [0.15, 0.2) is 0 Å². The number of nitrogens with zero attached hydrogens (tertiary/aromatic N) is 3. The number of aromatic nitrogens is 2. The fourth-order valence-corrected chi connectivity index (χ4v) is 5.38. The van der Waals surface area contributed by atoms with Crippen LogP contribution in [-0.4, -0.2) is 34.2 Å². The molecule has 11 heteroatoms. The summed E-state index contributed by atoms with van der Waals surface area (Å²) in [5.41, 5.74) is 0.550. The molecule has 0 saturated heterocycles. The topological polar surface area (TPSA) is 67.2 Å². The predicted octanol–water partition coefficient (Wildman–Crippen LogP) is 6.09. The first-order valence-corrected chi connectivity index (χ1v) is 12.8. The molecule has 1 aromatic heterocycles. The number of anilines is 1. The zero-order chi connectivity index (χ0) is 27.9. The molecule has 4 aromatic rings. The predicted molar refractivity (Wildman–Crippen MR) is 140 cm³/mol. The van der Waals surface area contributed by atoms with Crippen molar-refractivity contribution in [1.29, 1.82) is 0 Å². The van der Waals surface area contributed by atoms with Crippen LogP contribution < -0.4 is 10.2 Å². The monoisotopic (exact) mass is 600 g/mol. The van der Waals surface area contributed by atoms with Crippen LogP contribution in [-0.2, 0) is 11.0 Å². The molecule has 2 heterocycles. The second kappa shape index (κ2) is 10.3. The number of likely N-dealkylation sites (N-methyl/N-ethyl adjacent to an activating group) is 1. The Bertz CT molecular complexity index is 1540. The summed E-state index contributed by atoms with van der Waals surface area (Å²) in [4.78, 5) is 28.7. The highest BCUT2D eigenvalue weighted by Crippen LogP contribution is 2.45. The summed E-state index contributed by atoms with van der Waals surface area (Å²) >= 11 is 3.52. The first-order chi connectivity index (χ1) is 18.6. The van der Waals surface area contributed by atoms with Gasteiger partial charge in [0, 0.05) is 23.6 Å². The van der Waals surface area contributed by atoms with Crippen molar-refractivity contribution in [3.05, 3.63) is 112 Å². The Labute approximate surface area is 229 Å². The number of rotatable bonds is 5. The van der Waals surface area contributed by atoms with Gasteiger partial charge >= 0.3 is 6.18 Å². The van der Waals surface area contributed by atoms with Crippen LogP contribution in [0.5, 0.6) is 0 Å². The average molecular weight is 601 g/mol. The summed E-state index contributed by atoms with van der Waals surface area (Å²) in [5.74, 6) is -2.17. The van der Waals surface area contributed by atoms with Crippen molar-refractivity contribution in [3.63, 3.8) is 0 Å². The van der Waals surface area contributed by atoms with Gasteiger partial charge in [-0.2, -0.15) is 18.3 Å². The van der Waals surface area contributed by atoms with E-state index in [0.717, 1.165) is 18.2 Å². The third-order valence-electron chi connectivity index (χ3n) is 6.57. The summed E-state index contributed by atoms with van der Waals surface area (Å²) < 4.78 is 55.7. The van der Waals surface area contributed by atoms with Crippen LogP contribution >= 0.6 is 15.9 Å². The molecule has 0 unspecified atom stereocenters. The van der Waals surface area contributed by atoms with Gasteiger partial charge in [0.2, 0.25) is 0 Å². The van der Waals surface area contributed by atoms with Gasteiger partial charge in [0.25, 0.3) is 11.8 Å². The molecule has 0 bridgehead atoms. The number of halogens is 5. The molecular formula is C28H21BrF4N4O2. The number of hydrogen-bond acceptors (Lipinski definition) is 3. The highest BCUT2D eigenvalue weighted by molar-refractivity contribution is 9.10. The van der Waals surface area contributed by atoms with Crippen LogP contribution in [0.3, 0.4) is 0 Å². The Morgan fingerprint density at radius 3 is 2.36 bits per heavy atom. The number of carbonyl (C=O) groups excluding carboxylic acids is 2. The number of nitrogens with one attached hydrogen (secondary N) is 1. The highest BCUT2D eigenvalue weighted by Gasteiger charge is 2.46. The van der Waals surface area contributed by atoms with E-state index >= 15 is 0 Å². The zero-order valence-corrected chi connectivity index (χ0v) is 22.0. The van der Waals surface area contributed by atoms with E-state index in [4.69, 9.17) is 0 Å². The standard InChI is InChI=1S/C28H21BrF4N4O2/c1-2-36-26-22(24(29)35-37(26)20-9-4-3-5-10-20)21(16-11-13-19(30)14-12-16)23(27(36)39)34-25(38)17-7-6-8-18(15-17)28(31,32)33/h3-15,21,23H,2H2,1H3,(H,34,38)/t21-,23-/m0/s1. The lowest BCUT2D eigenvalue weighted by Gasteiger charge is -2.38. The van der Waals surface area contributed by atoms with Gasteiger partial charge in [-0.1, -0.05) is 36.4 Å². The Hall–Kier alpha value is -3.99. The van der Waals surface area contributed by atoms with E-state index in [2.05, 4.69) is 26.3 Å². The van der Waals surface area contributed by atoms with E-state index < -0.39 is 41.3 Å². The normalized spacial score (nSPS) is 17.2. The molecule has 200 valence electrons. The molecular weight excluding hydrogens is 580 g/mol. The first-order valence-electron chi connectivity index (χ1n) is 12.0. The van der Waals surface area contributed by atoms with E-state index in [9.17, 15) is 27.2 Å². The molecule has 2 atom stereocenters. The van der Waals surface area contributed by atoms with Gasteiger partial charge < -0.3 is 5.32 Å². The van der Waals surface area contributed by atoms with Crippen molar-refractivity contribution in [1.82, 2.24) is 15.1 Å². The molecule has 2 amide bonds. The van der Waals surface area contributed by atoms with E-state index in [1.54, 1.807) is 11.6 Å². The molecule has 0 spiro atoms. The maximum absolute atomic E-state index is 14.0. The third-order valence-corrected chi connectivity index (χ3v) is 7.15. The fraction of sp³-hybridized carbons (Fsp3) is 0.179. The SMILES string of the molecule is CCN1C(=O)[C@@H](NC(=O)c2cccc(C(F)(F)F)c2)[C@@H](c2ccc(F)cc2)c2c(Br)nn(-c3ccccc3)c21. The third kappa shape index (κ3) is 4.94. The molecule has 0 fully saturated rings. The summed E-state index contributed by atoms with van der Waals surface area (Å²) in [5, 5.41) is 7.29. The lowest BCUT2D eigenvalue weighted by molar-refractivity contribution is -0.137. The van der Waals surface area contributed by atoms with Crippen molar-refractivity contribution in [2.24, 2.45) is 0 Å². The van der Waals surface area contributed by atoms with Crippen molar-refractivity contribution < 1.29 is 27.2 Å². The second-order valence-electron chi connectivity index (χ2n) is 8.92. The van der Waals surface area contributed by atoms with Crippen molar-refractivity contribution in [2.75, 3.05) is 11.4 Å². The number of carbonyl (C=O) groups is 2. The number of fused-ring (bicyclic) bond motifs is 1. The Kier molecular flexibility index (Phi) is 7.02. The van der Waals surface area contributed by atoms with Crippen LogP contribution in [0.2, 0.25) is 0 Å². The Morgan fingerprint density at radius 1 is 1.03 bits per heavy atom. The average Bonchev–Trinajstić information content (AvgIpc) is 3.26. The van der Waals surface area contributed by atoms with E-state index in [-0.39, 0.29) is 12.1 Å². The van der Waals surface area contributed by atoms with Gasteiger partial charge in [-0.3, -0.25) is 14.5 Å². The Balaban J connectivity index is 1.65. The van der Waals surface area contributed by atoms with Gasteiger partial charge in [-0.25, -0.2) is 9.07 Å². The first kappa shape index (κ1) is 26.6. The summed E-state index contributed by atoms with van der Waals surface area (Å²) in [6.07, 6.45) is -4.64. The Morgan fingerprint density at radius 2 is 1.72 bits per heavy atom. The fourth-order valence-electron chi connectivity index (χ4n) is 4.79. The van der Waals surface area contributed by atoms with Crippen LogP contribution in [0.15, 0.2) is 83.5 Å². The molecule has 0 aliphatic carbocycles. The summed E-state index contributed by atoms with van der Waals surface area (Å²) in [6.45, 7) is 1.99. The van der Waals surface area contributed by atoms with Crippen molar-refractivity contribution in [2.45, 2.75) is 25.1 Å². The van der Waals surface area contributed by atoms with E-state index in [0.29, 0.717) is 27.2 Å². The molecule has 39 heavy (non-hydrogen) atoms. The molecule has 0 radical (unpaired) electrons. The minimum atomic E-state index is -4.64. The lowest BCUT2D eigenvalue weighted by atomic mass is 9.82. The molecule has 3 aromatic carbocycles. The molecule has 5 rings (SSSR count). The molecule has 1 N–H and O–H groups in total. The number of hydrogen-bond donors (Lipinski definition) is 1. The second-order valence-corrected chi connectivity index (χ2v) is 9.67. The minimum Gasteiger partial charge on any atom is -0.339 e. The van der Waals surface area contributed by atoms with Gasteiger partial charge in [-0.15, -0.1) is 0 Å². The van der Waals surface area contributed by atoms with Crippen LogP contribution in [0.4, 0.5) is 23.4 Å². The molecule has 0 saturated carbocycles. The summed E-state index contributed by atoms with van der Waals surface area (Å²) in [7, 11) is 0. The quantitative estimate of drug-likeness (QED) is 0.282. The molecule has 1 aliphatic rings. The smallest absolute Gasteiger partial charge is 0.339 e. The number of alkyl halides is 3. The van der Waals surface area contributed by atoms with Crippen LogP contribution in [0.1, 0.15) is 39.9 Å². The lowest BCUT2D eigenvalue weighted by Crippen LogP contribution is -2.55. The van der Waals surface area contributed by atoms with Crippen LogP contribution in [0.25, 0.3) is 5.69 Å². The highest BCUT2D eigenvalue weighted by atomic mass is 79.9. The minimum absolute atomic E-state index is 0.225. The molecule has 1 aliphatic heterocycles. The van der Waals surface area contributed by atoms with Gasteiger partial charge in [0.05, 0.1) is 11.3 Å². The van der Waals surface area contributed by atoms with Gasteiger partial charge in [0.1, 0.15) is 22.3 Å². The molecule has 6 nitrogen and oxygen atoms in total. The van der Waals surface area contributed by atoms with Gasteiger partial charge in [-0.05, 0) is 70.9 Å². The largest absolute Gasteiger partial charge is 0.416 e. The van der Waals surface area contributed by atoms with Crippen LogP contribution in [0, 0.1) is 5.82 Å². The zero-order valence-electron chi connectivity index (χ0n) is 20.4. The summed E-state index contributed by atoms with van der Waals surface area (Å²) in [6, 6.07) is 17.4. The maximum atomic E-state index is 14.0. The number of benzene rings is 3.